The van der Waals surface area contributed by atoms with E-state index in [1.54, 1.807) is 27.7 Å². The number of hydrogen-bond acceptors (Lipinski definition) is 3. The summed E-state index contributed by atoms with van der Waals surface area (Å²) in [6, 6.07) is -0.525. The van der Waals surface area contributed by atoms with Crippen molar-refractivity contribution in [1.29, 1.82) is 0 Å². The first-order valence-corrected chi connectivity index (χ1v) is 6.14. The zero-order valence-corrected chi connectivity index (χ0v) is 11.6. The highest BCUT2D eigenvalue weighted by atomic mass is 19.3. The summed E-state index contributed by atoms with van der Waals surface area (Å²) in [5, 5.41) is 2.27. The van der Waals surface area contributed by atoms with Crippen molar-refractivity contribution in [3.63, 3.8) is 0 Å². The molecule has 1 atom stereocenters. The summed E-state index contributed by atoms with van der Waals surface area (Å²) >= 11 is 0. The van der Waals surface area contributed by atoms with E-state index in [9.17, 15) is 18.4 Å². The number of alkyl halides is 2. The van der Waals surface area contributed by atoms with Crippen LogP contribution >= 0.6 is 0 Å². The number of ether oxygens (including phenoxy) is 1. The van der Waals surface area contributed by atoms with Crippen LogP contribution in [0.4, 0.5) is 13.6 Å². The van der Waals surface area contributed by atoms with Gasteiger partial charge in [-0.05, 0) is 27.7 Å². The minimum Gasteiger partial charge on any atom is -0.444 e. The van der Waals surface area contributed by atoms with Crippen molar-refractivity contribution < 1.29 is 23.1 Å². The third-order valence-corrected chi connectivity index (χ3v) is 2.63. The second kappa shape index (κ2) is 5.30. The predicted molar refractivity (Wildman–Crippen MR) is 65.0 cm³/mol. The lowest BCUT2D eigenvalue weighted by atomic mass is 10.2. The fourth-order valence-corrected chi connectivity index (χ4v) is 1.91. The van der Waals surface area contributed by atoms with Gasteiger partial charge in [0.15, 0.2) is 0 Å². The van der Waals surface area contributed by atoms with Gasteiger partial charge in [0.1, 0.15) is 12.1 Å². The number of halogens is 2. The molecule has 1 N–H and O–H groups in total. The largest absolute Gasteiger partial charge is 0.444 e. The van der Waals surface area contributed by atoms with E-state index in [0.29, 0.717) is 0 Å². The quantitative estimate of drug-likeness (QED) is 0.837. The molecule has 0 radical (unpaired) electrons. The molecule has 0 aromatic heterocycles. The van der Waals surface area contributed by atoms with Crippen molar-refractivity contribution in [2.75, 3.05) is 13.1 Å². The first-order chi connectivity index (χ1) is 8.50. The third kappa shape index (κ3) is 5.00. The average Bonchev–Trinajstić information content (AvgIpc) is 2.46. The number of amides is 2. The zero-order chi connectivity index (χ0) is 14.8. The van der Waals surface area contributed by atoms with Gasteiger partial charge in [0, 0.05) is 12.5 Å². The van der Waals surface area contributed by atoms with E-state index in [1.807, 2.05) is 0 Å². The Morgan fingerprint density at radius 1 is 1.42 bits per heavy atom. The molecule has 0 aromatic rings. The van der Waals surface area contributed by atoms with Gasteiger partial charge in [0.25, 0.3) is 5.92 Å². The Bertz CT molecular complexity index is 366. The summed E-state index contributed by atoms with van der Waals surface area (Å²) in [6.45, 7) is 5.71. The van der Waals surface area contributed by atoms with Crippen LogP contribution in [0.25, 0.3) is 0 Å². The molecule has 0 bridgehead atoms. The first-order valence-electron chi connectivity index (χ1n) is 6.14. The van der Waals surface area contributed by atoms with Crippen molar-refractivity contribution in [3.8, 4) is 0 Å². The SMILES string of the molecule is CC1CC(F)(F)CN1C(=O)CNC(=O)OC(C)(C)C. The van der Waals surface area contributed by atoms with E-state index in [4.69, 9.17) is 4.74 Å². The molecule has 1 heterocycles. The van der Waals surface area contributed by atoms with Gasteiger partial charge in [-0.25, -0.2) is 13.6 Å². The van der Waals surface area contributed by atoms with Crippen LogP contribution in [0, 0.1) is 0 Å². The second-order valence-corrected chi connectivity index (χ2v) is 5.79. The fourth-order valence-electron chi connectivity index (χ4n) is 1.91. The normalized spacial score (nSPS) is 22.2. The molecule has 0 spiro atoms. The van der Waals surface area contributed by atoms with Gasteiger partial charge in [-0.2, -0.15) is 0 Å². The molecule has 1 aliphatic heterocycles. The molecule has 110 valence electrons. The highest BCUT2D eigenvalue weighted by Gasteiger charge is 2.44. The first kappa shape index (κ1) is 15.7. The molecular formula is C12H20F2N2O3. The molecular weight excluding hydrogens is 258 g/mol. The summed E-state index contributed by atoms with van der Waals surface area (Å²) in [7, 11) is 0. The van der Waals surface area contributed by atoms with E-state index in [1.165, 1.54) is 0 Å². The molecule has 5 nitrogen and oxygen atoms in total. The standard InChI is InChI=1S/C12H20F2N2O3/c1-8-5-12(13,14)7-16(8)9(17)6-15-10(18)19-11(2,3)4/h8H,5-7H2,1-4H3,(H,15,18). The number of carbonyl (C=O) groups excluding carboxylic acids is 2. The summed E-state index contributed by atoms with van der Waals surface area (Å²) in [6.07, 6.45) is -1.08. The molecule has 1 fully saturated rings. The Labute approximate surface area is 111 Å². The van der Waals surface area contributed by atoms with Gasteiger partial charge < -0.3 is 15.0 Å². The lowest BCUT2D eigenvalue weighted by molar-refractivity contribution is -0.132. The number of alkyl carbamates (subject to hydrolysis) is 1. The number of nitrogens with one attached hydrogen (secondary N) is 1. The maximum absolute atomic E-state index is 13.1. The maximum atomic E-state index is 13.1. The van der Waals surface area contributed by atoms with E-state index >= 15 is 0 Å². The molecule has 2 amide bonds. The highest BCUT2D eigenvalue weighted by Crippen LogP contribution is 2.31. The minimum absolute atomic E-state index is 0.338. The van der Waals surface area contributed by atoms with E-state index in [2.05, 4.69) is 5.32 Å². The Hall–Kier alpha value is -1.40. The van der Waals surface area contributed by atoms with Gasteiger partial charge in [-0.1, -0.05) is 0 Å². The van der Waals surface area contributed by atoms with E-state index in [-0.39, 0.29) is 13.0 Å². The molecule has 0 saturated carbocycles. The number of hydrogen-bond donors (Lipinski definition) is 1. The Kier molecular flexibility index (Phi) is 4.37. The molecule has 7 heteroatoms. The number of rotatable bonds is 2. The van der Waals surface area contributed by atoms with Gasteiger partial charge >= 0.3 is 6.09 Å². The second-order valence-electron chi connectivity index (χ2n) is 5.79. The monoisotopic (exact) mass is 278 g/mol. The van der Waals surface area contributed by atoms with Crippen LogP contribution in [0.15, 0.2) is 0 Å². The molecule has 0 aliphatic carbocycles. The predicted octanol–water partition coefficient (Wildman–Crippen LogP) is 1.77. The molecule has 1 rings (SSSR count). The lowest BCUT2D eigenvalue weighted by Crippen LogP contribution is -2.43. The number of likely N-dealkylation sites (tertiary alicyclic amines) is 1. The molecule has 1 aliphatic rings. The Morgan fingerprint density at radius 2 is 2.00 bits per heavy atom. The summed E-state index contributed by atoms with van der Waals surface area (Å²) in [4.78, 5) is 24.2. The van der Waals surface area contributed by atoms with Crippen LogP contribution in [-0.4, -0.2) is 47.6 Å². The molecule has 1 unspecified atom stereocenters. The lowest BCUT2D eigenvalue weighted by Gasteiger charge is -2.22. The van der Waals surface area contributed by atoms with E-state index in [0.717, 1.165) is 4.90 Å². The summed E-state index contributed by atoms with van der Waals surface area (Å²) in [5.74, 6) is -3.38. The Morgan fingerprint density at radius 3 is 2.42 bits per heavy atom. The average molecular weight is 278 g/mol. The van der Waals surface area contributed by atoms with Crippen molar-refractivity contribution >= 4 is 12.0 Å². The fraction of sp³-hybridized carbons (Fsp3) is 0.833. The van der Waals surface area contributed by atoms with Crippen LogP contribution in [0.2, 0.25) is 0 Å². The summed E-state index contributed by atoms with van der Waals surface area (Å²) in [5.41, 5.74) is -0.666. The van der Waals surface area contributed by atoms with Gasteiger partial charge in [-0.15, -0.1) is 0 Å². The highest BCUT2D eigenvalue weighted by molar-refractivity contribution is 5.82. The van der Waals surface area contributed by atoms with Gasteiger partial charge in [-0.3, -0.25) is 4.79 Å². The van der Waals surface area contributed by atoms with Crippen LogP contribution in [-0.2, 0) is 9.53 Å². The van der Waals surface area contributed by atoms with Crippen molar-refractivity contribution in [1.82, 2.24) is 10.2 Å². The van der Waals surface area contributed by atoms with Crippen LogP contribution < -0.4 is 5.32 Å². The smallest absolute Gasteiger partial charge is 0.408 e. The number of carbonyl (C=O) groups is 2. The third-order valence-electron chi connectivity index (χ3n) is 2.63. The minimum atomic E-state index is -2.85. The maximum Gasteiger partial charge on any atom is 0.408 e. The zero-order valence-electron chi connectivity index (χ0n) is 11.6. The topological polar surface area (TPSA) is 58.6 Å². The molecule has 1 saturated heterocycles. The van der Waals surface area contributed by atoms with Crippen molar-refractivity contribution in [3.05, 3.63) is 0 Å². The van der Waals surface area contributed by atoms with Crippen molar-refractivity contribution in [2.45, 2.75) is 51.7 Å². The summed E-state index contributed by atoms with van der Waals surface area (Å²) < 4.78 is 31.2. The molecule has 19 heavy (non-hydrogen) atoms. The van der Waals surface area contributed by atoms with Crippen LogP contribution in [0.5, 0.6) is 0 Å². The van der Waals surface area contributed by atoms with Crippen LogP contribution in [0.1, 0.15) is 34.1 Å². The van der Waals surface area contributed by atoms with Gasteiger partial charge in [0.05, 0.1) is 6.54 Å². The van der Waals surface area contributed by atoms with Crippen molar-refractivity contribution in [2.24, 2.45) is 0 Å². The molecule has 0 aromatic carbocycles. The van der Waals surface area contributed by atoms with E-state index < -0.39 is 36.1 Å². The Balaban J connectivity index is 2.42. The van der Waals surface area contributed by atoms with Gasteiger partial charge in [0.2, 0.25) is 5.91 Å². The number of nitrogens with zero attached hydrogens (tertiary/aromatic N) is 1. The van der Waals surface area contributed by atoms with Crippen LogP contribution in [0.3, 0.4) is 0 Å².